The third-order valence-electron chi connectivity index (χ3n) is 5.97. The van der Waals surface area contributed by atoms with E-state index in [-0.39, 0.29) is 40.8 Å². The molecule has 0 unspecified atom stereocenters. The van der Waals surface area contributed by atoms with Gasteiger partial charge in [0, 0.05) is 40.8 Å². The van der Waals surface area contributed by atoms with E-state index in [9.17, 15) is 0 Å². The van der Waals surface area contributed by atoms with Crippen molar-refractivity contribution in [2.45, 2.75) is 0 Å². The monoisotopic (exact) mass is 982 g/mol. The van der Waals surface area contributed by atoms with Crippen LogP contribution in [0, 0.1) is 0 Å². The van der Waals surface area contributed by atoms with Crippen molar-refractivity contribution < 1.29 is 40.8 Å². The first-order valence-electron chi connectivity index (χ1n) is 12.7. The fourth-order valence-corrected chi connectivity index (χ4v) is 15.2. The Morgan fingerprint density at radius 2 is 0.810 bits per heavy atom. The van der Waals surface area contributed by atoms with Gasteiger partial charge in [-0.2, -0.15) is 0 Å². The Hall–Kier alpha value is -1.42. The third-order valence-corrected chi connectivity index (χ3v) is 18.6. The van der Waals surface area contributed by atoms with Gasteiger partial charge in [-0.15, -0.1) is 0 Å². The Morgan fingerprint density at radius 3 is 1.21 bits per heavy atom. The molecule has 2 aromatic heterocycles. The number of benzene rings is 4. The van der Waals surface area contributed by atoms with E-state index in [2.05, 4.69) is 175 Å². The Labute approximate surface area is 301 Å². The molecular formula is C34H26As2Br2N2Pd2. The summed E-state index contributed by atoms with van der Waals surface area (Å²) in [5.41, 5.74) is 0. The van der Waals surface area contributed by atoms with Crippen molar-refractivity contribution in [3.63, 3.8) is 0 Å². The molecule has 216 valence electrons. The molecule has 4 aromatic carbocycles. The van der Waals surface area contributed by atoms with Crippen LogP contribution in [-0.2, 0) is 40.8 Å². The average molecular weight is 985 g/mol. The zero-order chi connectivity index (χ0) is 27.6. The van der Waals surface area contributed by atoms with Crippen molar-refractivity contribution in [1.82, 2.24) is 9.97 Å². The van der Waals surface area contributed by atoms with Gasteiger partial charge in [0.1, 0.15) is 0 Å². The molecule has 8 heteroatoms. The summed E-state index contributed by atoms with van der Waals surface area (Å²) in [5, 5.41) is 0. The van der Waals surface area contributed by atoms with Gasteiger partial charge in [-0.3, -0.25) is 0 Å². The van der Waals surface area contributed by atoms with E-state index in [1.54, 1.807) is 0 Å². The SMILES string of the molecule is Brc1ccnc([As](c2ccccc2)c2ccccc2)c1Br.[Pd].[Pd].c1ccc([As](c2ccccc2)c2ccccn2)cc1. The zero-order valence-electron chi connectivity index (χ0n) is 22.2. The van der Waals surface area contributed by atoms with Crippen LogP contribution >= 0.6 is 31.9 Å². The van der Waals surface area contributed by atoms with Crippen LogP contribution in [0.5, 0.6) is 0 Å². The molecule has 0 N–H and O–H groups in total. The van der Waals surface area contributed by atoms with Crippen molar-refractivity contribution in [2.24, 2.45) is 0 Å². The minimum absolute atomic E-state index is 0. The van der Waals surface area contributed by atoms with Crippen molar-refractivity contribution in [1.29, 1.82) is 0 Å². The normalized spacial score (nSPS) is 10.2. The van der Waals surface area contributed by atoms with E-state index in [0.717, 1.165) is 13.4 Å². The Bertz CT molecular complexity index is 1480. The first kappa shape index (κ1) is 35.1. The van der Waals surface area contributed by atoms with Gasteiger partial charge in [0.05, 0.1) is 0 Å². The zero-order valence-corrected chi connectivity index (χ0v) is 32.2. The summed E-state index contributed by atoms with van der Waals surface area (Å²) in [6.07, 6.45) is 3.76. The van der Waals surface area contributed by atoms with Gasteiger partial charge in [0.15, 0.2) is 0 Å². The second-order valence-corrected chi connectivity index (χ2v) is 19.3. The third kappa shape index (κ3) is 9.29. The predicted molar refractivity (Wildman–Crippen MR) is 179 cm³/mol. The molecule has 2 heterocycles. The van der Waals surface area contributed by atoms with E-state index < -0.39 is 29.3 Å². The Kier molecular flexibility index (Phi) is 15.4. The number of hydrogen-bond donors (Lipinski definition) is 0. The summed E-state index contributed by atoms with van der Waals surface area (Å²) in [6, 6.07) is 51.0. The minimum atomic E-state index is -1.65. The number of nitrogens with zero attached hydrogens (tertiary/aromatic N) is 2. The van der Waals surface area contributed by atoms with Gasteiger partial charge < -0.3 is 0 Å². The molecule has 0 aliphatic heterocycles. The Balaban J connectivity index is 0.000000221. The topological polar surface area (TPSA) is 25.8 Å². The number of pyridine rings is 2. The van der Waals surface area contributed by atoms with Gasteiger partial charge in [-0.25, -0.2) is 0 Å². The first-order chi connectivity index (χ1) is 19.7. The van der Waals surface area contributed by atoms with Crippen molar-refractivity contribution in [3.8, 4) is 0 Å². The first-order valence-corrected chi connectivity index (χ1v) is 20.0. The van der Waals surface area contributed by atoms with E-state index >= 15 is 0 Å². The summed E-state index contributed by atoms with van der Waals surface area (Å²) in [5.74, 6) is 0. The molecule has 0 fully saturated rings. The number of rotatable bonds is 6. The van der Waals surface area contributed by atoms with Crippen LogP contribution in [0.3, 0.4) is 0 Å². The molecule has 0 saturated carbocycles. The van der Waals surface area contributed by atoms with Gasteiger partial charge in [0.2, 0.25) is 0 Å². The molecular weight excluding hydrogens is 959 g/mol. The van der Waals surface area contributed by atoms with Crippen LogP contribution in [0.25, 0.3) is 0 Å². The van der Waals surface area contributed by atoms with E-state index in [1.807, 2.05) is 24.5 Å². The molecule has 0 saturated heterocycles. The predicted octanol–water partition coefficient (Wildman–Crippen LogP) is 4.72. The molecule has 6 aromatic rings. The quantitative estimate of drug-likeness (QED) is 0.226. The molecule has 42 heavy (non-hydrogen) atoms. The second kappa shape index (κ2) is 18.4. The summed E-state index contributed by atoms with van der Waals surface area (Å²) in [7, 11) is 0. The molecule has 0 aliphatic rings. The van der Waals surface area contributed by atoms with Crippen molar-refractivity contribution in [2.75, 3.05) is 0 Å². The van der Waals surface area contributed by atoms with E-state index in [4.69, 9.17) is 0 Å². The average Bonchev–Trinajstić information content (AvgIpc) is 3.03. The van der Waals surface area contributed by atoms with Crippen LogP contribution in [0.4, 0.5) is 0 Å². The number of halogens is 2. The molecule has 0 amide bonds. The van der Waals surface area contributed by atoms with Gasteiger partial charge in [-0.05, 0) is 0 Å². The number of aromatic nitrogens is 2. The van der Waals surface area contributed by atoms with Gasteiger partial charge in [-0.1, -0.05) is 0 Å². The van der Waals surface area contributed by atoms with Crippen molar-refractivity contribution in [3.05, 3.63) is 167 Å². The molecule has 0 bridgehead atoms. The van der Waals surface area contributed by atoms with Crippen LogP contribution < -0.4 is 26.4 Å². The standard InChI is InChI=1S/C17H12AsBr2N.C17H14AsN.2Pd/c19-15-11-12-21-17(16(15)20)18(13-7-3-1-4-8-13)14-9-5-2-6-10-14;1-3-9-15(10-4-1)18(16-11-5-2-6-12-16)17-13-7-8-14-19-17;;/h1-12H;1-14H;;. The van der Waals surface area contributed by atoms with Crippen molar-refractivity contribution >= 4 is 87.5 Å². The molecule has 0 spiro atoms. The summed E-state index contributed by atoms with van der Waals surface area (Å²) in [4.78, 5) is 9.28. The Morgan fingerprint density at radius 1 is 0.405 bits per heavy atom. The fourth-order valence-electron chi connectivity index (χ4n) is 4.17. The number of hydrogen-bond acceptors (Lipinski definition) is 2. The van der Waals surface area contributed by atoms with Gasteiger partial charge >= 0.3 is 264 Å². The van der Waals surface area contributed by atoms with Crippen LogP contribution in [-0.4, -0.2) is 39.3 Å². The fraction of sp³-hybridized carbons (Fsp3) is 0. The van der Waals surface area contributed by atoms with Crippen LogP contribution in [0.15, 0.2) is 167 Å². The van der Waals surface area contributed by atoms with E-state index in [0.29, 0.717) is 0 Å². The molecule has 0 atom stereocenters. The molecule has 0 aliphatic carbocycles. The maximum absolute atomic E-state index is 4.68. The van der Waals surface area contributed by atoms with Crippen LogP contribution in [0.2, 0.25) is 0 Å². The second-order valence-electron chi connectivity index (χ2n) is 8.63. The summed E-state index contributed by atoms with van der Waals surface area (Å²) < 4.78 is 10.1. The van der Waals surface area contributed by atoms with Gasteiger partial charge in [0.25, 0.3) is 0 Å². The molecule has 2 nitrogen and oxygen atoms in total. The maximum atomic E-state index is 4.68. The van der Waals surface area contributed by atoms with E-state index in [1.165, 1.54) is 21.9 Å². The van der Waals surface area contributed by atoms with Crippen LogP contribution in [0.1, 0.15) is 0 Å². The summed E-state index contributed by atoms with van der Waals surface area (Å²) >= 11 is 4.15. The molecule has 0 radical (unpaired) electrons. The summed E-state index contributed by atoms with van der Waals surface area (Å²) in [6.45, 7) is 0. The molecule has 6 rings (SSSR count).